The molecular formula is C17H21N3S11. The molecule has 3 aromatic rings. The number of rotatable bonds is 1. The third-order valence-corrected chi connectivity index (χ3v) is 21.7. The molecule has 14 heteroatoms. The third-order valence-electron chi connectivity index (χ3n) is 3.92. The summed E-state index contributed by atoms with van der Waals surface area (Å²) in [5.74, 6) is 1.56. The number of nitrogens with zero attached hydrogens (tertiary/aromatic N) is 3. The van der Waals surface area contributed by atoms with Crippen LogP contribution in [0.25, 0.3) is 16.6 Å². The van der Waals surface area contributed by atoms with Crippen molar-refractivity contribution in [3.8, 4) is 0 Å². The van der Waals surface area contributed by atoms with Crippen molar-refractivity contribution in [3.63, 3.8) is 0 Å². The standard InChI is InChI=1S/C17H21N3.S11/c1-11(2)12-6-7-13-14(10-12)19-16(17(3,4)5)20-9-8-18-15(13)20;1-3-5-7-9-11-10-8-6-4-2/h6-11H,1-5H3;. The molecule has 0 N–H and O–H groups in total. The van der Waals surface area contributed by atoms with E-state index in [0.29, 0.717) is 5.92 Å². The summed E-state index contributed by atoms with van der Waals surface area (Å²) in [6.07, 6.45) is 3.85. The Labute approximate surface area is 218 Å². The molecule has 0 amide bonds. The van der Waals surface area contributed by atoms with Crippen LogP contribution in [0, 0.1) is 0 Å². The highest BCUT2D eigenvalue weighted by atomic mass is 33.4. The number of imidazole rings is 1. The van der Waals surface area contributed by atoms with Gasteiger partial charge in [0.25, 0.3) is 0 Å². The van der Waals surface area contributed by atoms with E-state index in [0.717, 1.165) is 22.4 Å². The van der Waals surface area contributed by atoms with Crippen molar-refractivity contribution in [3.05, 3.63) is 42.0 Å². The third kappa shape index (κ3) is 8.67. The fraction of sp³-hybridized carbons (Fsp3) is 0.412. The van der Waals surface area contributed by atoms with Gasteiger partial charge in [-0.3, -0.25) is 4.40 Å². The van der Waals surface area contributed by atoms with E-state index in [2.05, 4.69) is 84.6 Å². The van der Waals surface area contributed by atoms with Gasteiger partial charge < -0.3 is 0 Å². The molecule has 1 aromatic carbocycles. The molecule has 3 nitrogen and oxygen atoms in total. The van der Waals surface area contributed by atoms with Gasteiger partial charge in [-0.15, -0.1) is 0 Å². The minimum Gasteiger partial charge on any atom is -0.287 e. The molecule has 0 aliphatic carbocycles. The molecule has 0 saturated carbocycles. The molecule has 0 aliphatic heterocycles. The van der Waals surface area contributed by atoms with Gasteiger partial charge in [-0.25, -0.2) is 9.97 Å². The van der Waals surface area contributed by atoms with Crippen LogP contribution in [0.1, 0.15) is 51.9 Å². The van der Waals surface area contributed by atoms with E-state index in [-0.39, 0.29) is 5.41 Å². The van der Waals surface area contributed by atoms with E-state index in [9.17, 15) is 0 Å². The van der Waals surface area contributed by atoms with Gasteiger partial charge in [0.1, 0.15) is 11.5 Å². The van der Waals surface area contributed by atoms with Crippen LogP contribution in [0.4, 0.5) is 0 Å². The maximum atomic E-state index is 4.91. The van der Waals surface area contributed by atoms with Gasteiger partial charge in [-0.05, 0) is 23.6 Å². The van der Waals surface area contributed by atoms with Gasteiger partial charge in [0, 0.05) is 125 Å². The summed E-state index contributed by atoms with van der Waals surface area (Å²) in [5, 5.41) is 1.12. The van der Waals surface area contributed by atoms with Crippen molar-refractivity contribution in [1.82, 2.24) is 14.4 Å². The van der Waals surface area contributed by atoms with Crippen LogP contribution in [0.15, 0.2) is 30.6 Å². The lowest BCUT2D eigenvalue weighted by atomic mass is 9.95. The first-order valence-electron chi connectivity index (χ1n) is 8.82. The maximum absolute atomic E-state index is 4.91. The van der Waals surface area contributed by atoms with E-state index < -0.39 is 0 Å². The first kappa shape index (κ1) is 27.8. The van der Waals surface area contributed by atoms with E-state index in [1.54, 1.807) is 62.2 Å². The number of hydrogen-bond acceptors (Lipinski definition) is 4. The van der Waals surface area contributed by atoms with Crippen LogP contribution in [0.5, 0.6) is 0 Å². The predicted molar refractivity (Wildman–Crippen MR) is 164 cm³/mol. The molecule has 0 spiro atoms. The summed E-state index contributed by atoms with van der Waals surface area (Å²) < 4.78 is 2.11. The van der Waals surface area contributed by atoms with Crippen molar-refractivity contribution in [2.24, 2.45) is 0 Å². The molecule has 31 heavy (non-hydrogen) atoms. The summed E-state index contributed by atoms with van der Waals surface area (Å²) in [6.45, 7) is 11.0. The summed E-state index contributed by atoms with van der Waals surface area (Å²) in [6, 6.07) is 6.52. The fourth-order valence-corrected chi connectivity index (χ4v) is 21.8. The Hall–Kier alpha value is 0.520. The van der Waals surface area contributed by atoms with Gasteiger partial charge in [0.2, 0.25) is 0 Å². The molecule has 0 saturated heterocycles. The Bertz CT molecular complexity index is 1420. The smallest absolute Gasteiger partial charge is 0.147 e. The number of hydrogen-bond donors (Lipinski definition) is 0. The fourth-order valence-electron chi connectivity index (χ4n) is 2.64. The Balaban J connectivity index is 0.000000267. The largest absolute Gasteiger partial charge is 0.287 e. The van der Waals surface area contributed by atoms with Crippen molar-refractivity contribution >= 4 is 119 Å². The van der Waals surface area contributed by atoms with E-state index in [1.807, 2.05) is 12.4 Å². The van der Waals surface area contributed by atoms with Crippen molar-refractivity contribution in [2.75, 3.05) is 0 Å². The molecule has 0 aliphatic rings. The van der Waals surface area contributed by atoms with Crippen molar-refractivity contribution < 1.29 is 0 Å². The Morgan fingerprint density at radius 1 is 0.903 bits per heavy atom. The van der Waals surface area contributed by atoms with E-state index in [1.165, 1.54) is 23.3 Å². The highest BCUT2D eigenvalue weighted by Crippen LogP contribution is 2.28. The van der Waals surface area contributed by atoms with Crippen LogP contribution >= 0.6 is 0 Å². The highest BCUT2D eigenvalue weighted by molar-refractivity contribution is 8.74. The van der Waals surface area contributed by atoms with Gasteiger partial charge >= 0.3 is 0 Å². The Morgan fingerprint density at radius 2 is 1.48 bits per heavy atom. The summed E-state index contributed by atoms with van der Waals surface area (Å²) in [7, 11) is 14.5. The molecule has 3 rings (SSSR count). The van der Waals surface area contributed by atoms with E-state index in [4.69, 9.17) is 4.98 Å². The second kappa shape index (κ2) is 14.0. The van der Waals surface area contributed by atoms with Gasteiger partial charge in [0.05, 0.1) is 5.52 Å². The minimum absolute atomic E-state index is 0.0129. The minimum atomic E-state index is -0.0129. The summed E-state index contributed by atoms with van der Waals surface area (Å²) in [4.78, 5) is 9.43. The van der Waals surface area contributed by atoms with Crippen molar-refractivity contribution in [2.45, 2.75) is 46.0 Å². The first-order valence-corrected chi connectivity index (χ1v) is 22.1. The SMILES string of the molecule is CC(C)c1ccc2c(c1)nc(C(C)(C)C)n1ccnc21.S=S=S=S=S=S=S=S=S=S=S. The lowest BCUT2D eigenvalue weighted by Crippen LogP contribution is -2.18. The Kier molecular flexibility index (Phi) is 12.6. The maximum Gasteiger partial charge on any atom is 0.147 e. The van der Waals surface area contributed by atoms with E-state index >= 15 is 0 Å². The highest BCUT2D eigenvalue weighted by Gasteiger charge is 2.21. The zero-order chi connectivity index (χ0) is 22.9. The number of aromatic nitrogens is 3. The van der Waals surface area contributed by atoms with Crippen LogP contribution in [0.2, 0.25) is 0 Å². The summed E-state index contributed by atoms with van der Waals surface area (Å²) >= 11 is 9.35. The van der Waals surface area contributed by atoms with Crippen LogP contribution in [-0.4, -0.2) is 14.4 Å². The second-order valence-electron chi connectivity index (χ2n) is 7.35. The molecule has 0 radical (unpaired) electrons. The molecule has 0 fully saturated rings. The van der Waals surface area contributed by atoms with Crippen LogP contribution in [-0.2, 0) is 108 Å². The monoisotopic (exact) mass is 619 g/mol. The molecule has 0 unspecified atom stereocenters. The Morgan fingerprint density at radius 3 is 2.00 bits per heavy atom. The molecule has 0 bridgehead atoms. The average molecular weight is 620 g/mol. The zero-order valence-corrected chi connectivity index (χ0v) is 26.3. The normalized spacial score (nSPS) is 10.6. The molecule has 0 atom stereocenters. The molecule has 2 aromatic heterocycles. The van der Waals surface area contributed by atoms with Crippen LogP contribution < -0.4 is 0 Å². The van der Waals surface area contributed by atoms with Crippen LogP contribution in [0.3, 0.4) is 0 Å². The zero-order valence-electron chi connectivity index (χ0n) is 17.3. The lowest BCUT2D eigenvalue weighted by Gasteiger charge is -2.20. The topological polar surface area (TPSA) is 30.2 Å². The number of benzene rings is 1. The molecule has 170 valence electrons. The van der Waals surface area contributed by atoms with Crippen molar-refractivity contribution in [1.29, 1.82) is 0 Å². The predicted octanol–water partition coefficient (Wildman–Crippen LogP) is 4.28. The van der Waals surface area contributed by atoms with Gasteiger partial charge in [-0.1, -0.05) is 40.7 Å². The molecule has 2 heterocycles. The van der Waals surface area contributed by atoms with Gasteiger partial charge in [-0.2, -0.15) is 0 Å². The second-order valence-corrected chi connectivity index (χ2v) is 23.3. The number of fused-ring (bicyclic) bond motifs is 3. The summed E-state index contributed by atoms with van der Waals surface area (Å²) in [5.41, 5.74) is 3.34. The van der Waals surface area contributed by atoms with Gasteiger partial charge in [0.15, 0.2) is 0 Å². The lowest BCUT2D eigenvalue weighted by molar-refractivity contribution is 0.539. The first-order chi connectivity index (χ1) is 14.8. The molecular weight excluding hydrogens is 599 g/mol. The average Bonchev–Trinajstić information content (AvgIpc) is 3.22. The quantitative estimate of drug-likeness (QED) is 0.407.